The van der Waals surface area contributed by atoms with E-state index < -0.39 is 0 Å². The van der Waals surface area contributed by atoms with Crippen molar-refractivity contribution in [3.63, 3.8) is 0 Å². The van der Waals surface area contributed by atoms with Gasteiger partial charge in [-0.25, -0.2) is 0 Å². The lowest BCUT2D eigenvalue weighted by molar-refractivity contribution is 0.304. The van der Waals surface area contributed by atoms with Crippen LogP contribution in [0.5, 0.6) is 5.75 Å². The van der Waals surface area contributed by atoms with Crippen LogP contribution in [0.2, 0.25) is 0 Å². The molecule has 0 unspecified atom stereocenters. The zero-order valence-corrected chi connectivity index (χ0v) is 21.7. The lowest BCUT2D eigenvalue weighted by Gasteiger charge is -2.07. The van der Waals surface area contributed by atoms with Crippen molar-refractivity contribution in [1.29, 1.82) is 0 Å². The number of thiophene rings is 2. The van der Waals surface area contributed by atoms with Gasteiger partial charge in [0.2, 0.25) is 0 Å². The molecule has 0 atom stereocenters. The van der Waals surface area contributed by atoms with Crippen LogP contribution in [0, 0.1) is 6.92 Å². The molecule has 3 aromatic carbocycles. The van der Waals surface area contributed by atoms with Crippen LogP contribution >= 0.6 is 22.7 Å². The first-order valence-corrected chi connectivity index (χ1v) is 14.1. The van der Waals surface area contributed by atoms with Gasteiger partial charge in [0.15, 0.2) is 0 Å². The summed E-state index contributed by atoms with van der Waals surface area (Å²) in [6, 6.07) is 26.8. The van der Waals surface area contributed by atoms with Crippen LogP contribution in [-0.4, -0.2) is 6.61 Å². The third kappa shape index (κ3) is 5.37. The Kier molecular flexibility index (Phi) is 7.32. The highest BCUT2D eigenvalue weighted by atomic mass is 32.1. The smallest absolute Gasteiger partial charge is 0.119 e. The molecule has 2 heterocycles. The van der Waals surface area contributed by atoms with Crippen LogP contribution in [-0.2, 0) is 0 Å². The summed E-state index contributed by atoms with van der Waals surface area (Å²) in [5.41, 5.74) is 3.86. The minimum atomic E-state index is 0.815. The number of ether oxygens (including phenoxy) is 1. The minimum absolute atomic E-state index is 0.815. The highest BCUT2D eigenvalue weighted by molar-refractivity contribution is 7.23. The van der Waals surface area contributed by atoms with E-state index in [0.717, 1.165) is 18.8 Å². The van der Waals surface area contributed by atoms with Crippen molar-refractivity contribution in [1.82, 2.24) is 0 Å². The van der Waals surface area contributed by atoms with Crippen molar-refractivity contribution in [2.24, 2.45) is 0 Å². The molecule has 0 saturated carbocycles. The first kappa shape index (κ1) is 23.1. The summed E-state index contributed by atoms with van der Waals surface area (Å²) in [4.78, 5) is 2.65. The van der Waals surface area contributed by atoms with Gasteiger partial charge in [-0.2, -0.15) is 0 Å². The molecule has 0 saturated heterocycles. The number of benzene rings is 3. The molecule has 0 N–H and O–H groups in total. The second-order valence-corrected chi connectivity index (χ2v) is 11.3. The molecule has 0 aliphatic rings. The molecule has 0 spiro atoms. The number of fused-ring (bicyclic) bond motifs is 2. The van der Waals surface area contributed by atoms with E-state index in [-0.39, 0.29) is 0 Å². The largest absolute Gasteiger partial charge is 0.494 e. The van der Waals surface area contributed by atoms with E-state index >= 15 is 0 Å². The predicted molar refractivity (Wildman–Crippen MR) is 152 cm³/mol. The third-order valence-corrected chi connectivity index (χ3v) is 8.69. The van der Waals surface area contributed by atoms with Crippen LogP contribution in [0.15, 0.2) is 72.8 Å². The normalized spacial score (nSPS) is 11.5. The van der Waals surface area contributed by atoms with Crippen molar-refractivity contribution < 1.29 is 4.74 Å². The van der Waals surface area contributed by atoms with Crippen molar-refractivity contribution in [3.8, 4) is 26.6 Å². The van der Waals surface area contributed by atoms with E-state index in [1.165, 1.54) is 78.7 Å². The highest BCUT2D eigenvalue weighted by Crippen LogP contribution is 2.40. The maximum absolute atomic E-state index is 5.96. The molecule has 0 radical (unpaired) electrons. The summed E-state index contributed by atoms with van der Waals surface area (Å²) >= 11 is 3.75. The van der Waals surface area contributed by atoms with Crippen molar-refractivity contribution in [2.75, 3.05) is 6.61 Å². The van der Waals surface area contributed by atoms with Crippen LogP contribution in [0.3, 0.4) is 0 Å². The Balaban J connectivity index is 1.26. The summed E-state index contributed by atoms with van der Waals surface area (Å²) in [6.45, 7) is 5.21. The zero-order chi connectivity index (χ0) is 23.3. The van der Waals surface area contributed by atoms with E-state index in [1.54, 1.807) is 0 Å². The van der Waals surface area contributed by atoms with Gasteiger partial charge < -0.3 is 4.74 Å². The maximum atomic E-state index is 5.96. The number of rotatable bonds is 10. The number of aryl methyl sites for hydroxylation is 1. The monoisotopic (exact) mass is 484 g/mol. The van der Waals surface area contributed by atoms with Gasteiger partial charge in [-0.1, -0.05) is 68.9 Å². The van der Waals surface area contributed by atoms with E-state index in [0.29, 0.717) is 0 Å². The molecule has 0 bridgehead atoms. The molecule has 0 aliphatic heterocycles. The molecule has 2 aromatic heterocycles. The Morgan fingerprint density at radius 1 is 0.618 bits per heavy atom. The van der Waals surface area contributed by atoms with E-state index in [4.69, 9.17) is 4.74 Å². The summed E-state index contributed by atoms with van der Waals surface area (Å²) in [5, 5.41) is 2.66. The van der Waals surface area contributed by atoms with Gasteiger partial charge in [-0.3, -0.25) is 0 Å². The number of hydrogen-bond donors (Lipinski definition) is 0. The molecule has 0 amide bonds. The quantitative estimate of drug-likeness (QED) is 0.179. The van der Waals surface area contributed by atoms with E-state index in [9.17, 15) is 0 Å². The van der Waals surface area contributed by atoms with Gasteiger partial charge in [0, 0.05) is 19.2 Å². The fraction of sp³-hybridized carbons (Fsp3) is 0.290. The van der Waals surface area contributed by atoms with Gasteiger partial charge in [-0.15, -0.1) is 22.7 Å². The van der Waals surface area contributed by atoms with Crippen LogP contribution in [0.25, 0.3) is 41.1 Å². The Morgan fingerprint density at radius 3 is 1.74 bits per heavy atom. The highest BCUT2D eigenvalue weighted by Gasteiger charge is 2.10. The fourth-order valence-corrected chi connectivity index (χ4v) is 6.56. The van der Waals surface area contributed by atoms with Crippen LogP contribution < -0.4 is 4.74 Å². The molecule has 5 aromatic rings. The Morgan fingerprint density at radius 2 is 1.15 bits per heavy atom. The summed E-state index contributed by atoms with van der Waals surface area (Å²) in [5.74, 6) is 0.975. The maximum Gasteiger partial charge on any atom is 0.119 e. The molecule has 5 rings (SSSR count). The first-order valence-electron chi connectivity index (χ1n) is 12.5. The summed E-state index contributed by atoms with van der Waals surface area (Å²) in [6.07, 6.45) is 7.75. The topological polar surface area (TPSA) is 9.23 Å². The molecule has 34 heavy (non-hydrogen) atoms. The van der Waals surface area contributed by atoms with Crippen molar-refractivity contribution in [3.05, 3.63) is 78.4 Å². The van der Waals surface area contributed by atoms with Gasteiger partial charge in [0.05, 0.1) is 6.61 Å². The number of unbranched alkanes of at least 4 members (excludes halogenated alkanes) is 5. The van der Waals surface area contributed by atoms with E-state index in [2.05, 4.69) is 86.6 Å². The Bertz CT molecular complexity index is 1310. The lowest BCUT2D eigenvalue weighted by atomic mass is 10.1. The Labute approximate surface area is 211 Å². The van der Waals surface area contributed by atoms with Gasteiger partial charge in [-0.05, 0) is 83.8 Å². The van der Waals surface area contributed by atoms with Crippen molar-refractivity contribution in [2.45, 2.75) is 52.4 Å². The predicted octanol–water partition coefficient (Wildman–Crippen LogP) is 10.5. The second-order valence-electron chi connectivity index (χ2n) is 9.16. The van der Waals surface area contributed by atoms with Gasteiger partial charge >= 0.3 is 0 Å². The van der Waals surface area contributed by atoms with Crippen LogP contribution in [0.4, 0.5) is 0 Å². The molecule has 174 valence electrons. The summed E-state index contributed by atoms with van der Waals surface area (Å²) < 4.78 is 8.66. The van der Waals surface area contributed by atoms with Crippen molar-refractivity contribution >= 4 is 42.8 Å². The molecule has 0 aliphatic carbocycles. The zero-order valence-electron chi connectivity index (χ0n) is 20.1. The first-order chi connectivity index (χ1) is 16.7. The Hall–Kier alpha value is -2.62. The molecular weight excluding hydrogens is 452 g/mol. The van der Waals surface area contributed by atoms with Gasteiger partial charge in [0.1, 0.15) is 5.75 Å². The fourth-order valence-electron chi connectivity index (χ4n) is 4.36. The second kappa shape index (κ2) is 10.8. The SMILES string of the molecule is CCCCCCCCOc1ccc(-c2cc3cc4sc(-c5ccc(C)cc5)cc4cc3s2)cc1. The molecular formula is C31H32OS2. The van der Waals surface area contributed by atoms with Gasteiger partial charge in [0.25, 0.3) is 0 Å². The lowest BCUT2D eigenvalue weighted by Crippen LogP contribution is -1.97. The average Bonchev–Trinajstić information content (AvgIpc) is 3.46. The molecule has 0 fully saturated rings. The van der Waals surface area contributed by atoms with E-state index in [1.807, 2.05) is 22.7 Å². The molecule has 3 heteroatoms. The molecule has 1 nitrogen and oxygen atoms in total. The number of hydrogen-bond acceptors (Lipinski definition) is 3. The third-order valence-electron chi connectivity index (χ3n) is 6.40. The standard InChI is InChI=1S/C31H32OS2/c1-3-4-5-6-7-8-17-32-27-15-13-24(14-16-27)29-19-26-21-30-25(20-31(26)34-29)18-28(33-30)23-11-9-22(2)10-12-23/h9-16,18-21H,3-8,17H2,1-2H3. The minimum Gasteiger partial charge on any atom is -0.494 e. The van der Waals surface area contributed by atoms with Crippen LogP contribution in [0.1, 0.15) is 51.0 Å². The average molecular weight is 485 g/mol. The summed E-state index contributed by atoms with van der Waals surface area (Å²) in [7, 11) is 0.